The van der Waals surface area contributed by atoms with Crippen molar-refractivity contribution < 1.29 is 0 Å². The first-order valence-electron chi connectivity index (χ1n) is 5.85. The van der Waals surface area contributed by atoms with Crippen molar-refractivity contribution in [1.82, 2.24) is 5.32 Å². The topological polar surface area (TPSA) is 12.0 Å². The lowest BCUT2D eigenvalue weighted by Gasteiger charge is -2.31. The van der Waals surface area contributed by atoms with Crippen LogP contribution in [-0.2, 0) is 0 Å². The fraction of sp³-hybridized carbons (Fsp3) is 0.714. The van der Waals surface area contributed by atoms with Gasteiger partial charge in [-0.05, 0) is 44.6 Å². The van der Waals surface area contributed by atoms with Crippen LogP contribution in [0.2, 0.25) is 0 Å². The molecule has 86 valence electrons. The summed E-state index contributed by atoms with van der Waals surface area (Å²) in [5.41, 5.74) is 1.80. The van der Waals surface area contributed by atoms with Gasteiger partial charge in [0.15, 0.2) is 0 Å². The first kappa shape index (κ1) is 12.4. The standard InChI is InChI=1S/C14H25N/c1-13(2,3)11-7-9-12(10-8-11)15-14(4,5)6/h7,9-11,15H,8H2,1-6H3. The highest BCUT2D eigenvalue weighted by Gasteiger charge is 2.23. The number of hydrogen-bond donors (Lipinski definition) is 1. The third-order valence-corrected chi connectivity index (χ3v) is 2.73. The van der Waals surface area contributed by atoms with Crippen LogP contribution < -0.4 is 5.32 Å². The van der Waals surface area contributed by atoms with Crippen LogP contribution in [0.1, 0.15) is 48.0 Å². The van der Waals surface area contributed by atoms with Gasteiger partial charge in [-0.2, -0.15) is 0 Å². The third kappa shape index (κ3) is 4.11. The summed E-state index contributed by atoms with van der Waals surface area (Å²) in [6, 6.07) is 0. The van der Waals surface area contributed by atoms with Crippen molar-refractivity contribution in [2.75, 3.05) is 0 Å². The van der Waals surface area contributed by atoms with Crippen molar-refractivity contribution >= 4 is 0 Å². The second-order valence-corrected chi connectivity index (χ2v) is 6.60. The smallest absolute Gasteiger partial charge is 0.0300 e. The Labute approximate surface area is 94.6 Å². The maximum absolute atomic E-state index is 3.50. The first-order chi connectivity index (χ1) is 6.68. The Hall–Kier alpha value is -0.720. The number of allylic oxidation sites excluding steroid dienone is 3. The molecule has 0 aromatic heterocycles. The summed E-state index contributed by atoms with van der Waals surface area (Å²) in [5.74, 6) is 0.669. The van der Waals surface area contributed by atoms with Gasteiger partial charge in [0, 0.05) is 11.2 Å². The summed E-state index contributed by atoms with van der Waals surface area (Å²) in [4.78, 5) is 0. The van der Waals surface area contributed by atoms with Crippen LogP contribution in [-0.4, -0.2) is 5.54 Å². The molecule has 0 saturated carbocycles. The lowest BCUT2D eigenvalue weighted by atomic mass is 9.77. The summed E-state index contributed by atoms with van der Waals surface area (Å²) in [6.07, 6.45) is 8.04. The maximum Gasteiger partial charge on any atom is 0.0300 e. The van der Waals surface area contributed by atoms with Crippen LogP contribution in [0, 0.1) is 11.3 Å². The van der Waals surface area contributed by atoms with Gasteiger partial charge in [0.25, 0.3) is 0 Å². The normalized spacial score (nSPS) is 22.5. The Balaban J connectivity index is 2.58. The highest BCUT2D eigenvalue weighted by atomic mass is 15.0. The van der Waals surface area contributed by atoms with Crippen LogP contribution in [0.25, 0.3) is 0 Å². The van der Waals surface area contributed by atoms with Crippen molar-refractivity contribution in [1.29, 1.82) is 0 Å². The van der Waals surface area contributed by atoms with E-state index < -0.39 is 0 Å². The predicted octanol–water partition coefficient (Wildman–Crippen LogP) is 3.88. The van der Waals surface area contributed by atoms with Gasteiger partial charge < -0.3 is 5.32 Å². The second-order valence-electron chi connectivity index (χ2n) is 6.60. The minimum Gasteiger partial charge on any atom is -0.381 e. The van der Waals surface area contributed by atoms with Crippen LogP contribution in [0.3, 0.4) is 0 Å². The van der Waals surface area contributed by atoms with Gasteiger partial charge in [-0.15, -0.1) is 0 Å². The van der Waals surface area contributed by atoms with Gasteiger partial charge in [0.05, 0.1) is 0 Å². The molecule has 0 amide bonds. The van der Waals surface area contributed by atoms with Crippen LogP contribution >= 0.6 is 0 Å². The molecule has 0 heterocycles. The van der Waals surface area contributed by atoms with E-state index in [0.717, 1.165) is 6.42 Å². The number of rotatable bonds is 1. The summed E-state index contributed by atoms with van der Waals surface area (Å²) in [7, 11) is 0. The molecule has 1 atom stereocenters. The van der Waals surface area contributed by atoms with Crippen LogP contribution in [0.15, 0.2) is 23.9 Å². The zero-order chi connectivity index (χ0) is 11.7. The molecule has 1 nitrogen and oxygen atoms in total. The molecular formula is C14H25N. The quantitative estimate of drug-likeness (QED) is 0.688. The molecule has 1 aliphatic rings. The fourth-order valence-corrected chi connectivity index (χ4v) is 1.79. The Morgan fingerprint density at radius 2 is 1.73 bits per heavy atom. The van der Waals surface area contributed by atoms with Crippen molar-refractivity contribution in [2.45, 2.75) is 53.5 Å². The lowest BCUT2D eigenvalue weighted by molar-refractivity contribution is 0.292. The van der Waals surface area contributed by atoms with E-state index in [1.165, 1.54) is 5.70 Å². The van der Waals surface area contributed by atoms with E-state index in [1.54, 1.807) is 0 Å². The van der Waals surface area contributed by atoms with Gasteiger partial charge in [0.2, 0.25) is 0 Å². The van der Waals surface area contributed by atoms with E-state index in [0.29, 0.717) is 11.3 Å². The fourth-order valence-electron chi connectivity index (χ4n) is 1.79. The zero-order valence-corrected chi connectivity index (χ0v) is 11.0. The van der Waals surface area contributed by atoms with Crippen molar-refractivity contribution in [2.24, 2.45) is 11.3 Å². The van der Waals surface area contributed by atoms with Crippen molar-refractivity contribution in [3.8, 4) is 0 Å². The number of nitrogens with one attached hydrogen (secondary N) is 1. The van der Waals surface area contributed by atoms with E-state index in [-0.39, 0.29) is 5.54 Å². The molecule has 0 spiro atoms. The average molecular weight is 207 g/mol. The van der Waals surface area contributed by atoms with Gasteiger partial charge in [-0.1, -0.05) is 32.9 Å². The largest absolute Gasteiger partial charge is 0.381 e. The summed E-state index contributed by atoms with van der Waals surface area (Å²) in [5, 5.41) is 3.50. The van der Waals surface area contributed by atoms with Gasteiger partial charge in [0.1, 0.15) is 0 Å². The van der Waals surface area contributed by atoms with E-state index >= 15 is 0 Å². The Kier molecular flexibility index (Phi) is 3.32. The van der Waals surface area contributed by atoms with Gasteiger partial charge in [-0.25, -0.2) is 0 Å². The van der Waals surface area contributed by atoms with Crippen LogP contribution in [0.5, 0.6) is 0 Å². The maximum atomic E-state index is 3.50. The zero-order valence-electron chi connectivity index (χ0n) is 11.0. The first-order valence-corrected chi connectivity index (χ1v) is 5.85. The van der Waals surface area contributed by atoms with Gasteiger partial charge >= 0.3 is 0 Å². The van der Waals surface area contributed by atoms with Crippen molar-refractivity contribution in [3.63, 3.8) is 0 Å². The molecule has 0 aromatic rings. The minimum atomic E-state index is 0.157. The molecule has 0 radical (unpaired) electrons. The summed E-state index contributed by atoms with van der Waals surface area (Å²) in [6.45, 7) is 13.5. The third-order valence-electron chi connectivity index (χ3n) is 2.73. The molecule has 0 aliphatic heterocycles. The summed E-state index contributed by atoms with van der Waals surface area (Å²) < 4.78 is 0. The molecule has 0 fully saturated rings. The molecular weight excluding hydrogens is 182 g/mol. The van der Waals surface area contributed by atoms with E-state index in [1.807, 2.05) is 0 Å². The monoisotopic (exact) mass is 207 g/mol. The molecule has 1 unspecified atom stereocenters. The molecule has 0 bridgehead atoms. The Bertz CT molecular complexity index is 271. The van der Waals surface area contributed by atoms with Crippen LogP contribution in [0.4, 0.5) is 0 Å². The molecule has 0 aromatic carbocycles. The molecule has 1 rings (SSSR count). The SMILES string of the molecule is CC(C)(C)NC1=CCC(C(C)(C)C)C=C1. The Morgan fingerprint density at radius 1 is 1.13 bits per heavy atom. The summed E-state index contributed by atoms with van der Waals surface area (Å²) >= 11 is 0. The number of hydrogen-bond acceptors (Lipinski definition) is 1. The highest BCUT2D eigenvalue weighted by molar-refractivity contribution is 5.24. The van der Waals surface area contributed by atoms with E-state index in [9.17, 15) is 0 Å². The molecule has 1 heteroatoms. The highest BCUT2D eigenvalue weighted by Crippen LogP contribution is 2.32. The molecule has 1 aliphatic carbocycles. The van der Waals surface area contributed by atoms with Crippen molar-refractivity contribution in [3.05, 3.63) is 23.9 Å². The van der Waals surface area contributed by atoms with E-state index in [4.69, 9.17) is 0 Å². The molecule has 15 heavy (non-hydrogen) atoms. The predicted molar refractivity (Wildman–Crippen MR) is 67.7 cm³/mol. The minimum absolute atomic E-state index is 0.157. The van der Waals surface area contributed by atoms with Gasteiger partial charge in [-0.3, -0.25) is 0 Å². The lowest BCUT2D eigenvalue weighted by Crippen LogP contribution is -2.35. The average Bonchev–Trinajstić information content (AvgIpc) is 2.00. The molecule has 1 N–H and O–H groups in total. The van der Waals surface area contributed by atoms with E-state index in [2.05, 4.69) is 65.1 Å². The Morgan fingerprint density at radius 3 is 2.07 bits per heavy atom. The molecule has 0 saturated heterocycles. The second kappa shape index (κ2) is 4.03.